The van der Waals surface area contributed by atoms with Gasteiger partial charge in [-0.2, -0.15) is 8.42 Å². The van der Waals surface area contributed by atoms with Crippen LogP contribution in [0.15, 0.2) is 38.5 Å². The lowest BCUT2D eigenvalue weighted by Crippen LogP contribution is -2.24. The zero-order valence-electron chi connectivity index (χ0n) is 8.86. The second kappa shape index (κ2) is 4.34. The van der Waals surface area contributed by atoms with Crippen LogP contribution in [0.2, 0.25) is 0 Å². The minimum absolute atomic E-state index is 0.343. The third-order valence-corrected chi connectivity index (χ3v) is 4.40. The summed E-state index contributed by atoms with van der Waals surface area (Å²) in [6, 6.07) is 5.08. The molecule has 94 valence electrons. The number of guanidine groups is 1. The maximum absolute atomic E-state index is 11.7. The van der Waals surface area contributed by atoms with Gasteiger partial charge in [0, 0.05) is 6.26 Å². The minimum Gasteiger partial charge on any atom is -0.369 e. The number of nitrogens with two attached hydrogens (primary N) is 2. The number of sulfonamides is 1. The molecule has 0 aromatic heterocycles. The first-order valence-electron chi connectivity index (χ1n) is 4.29. The number of hydrogen-bond donors (Lipinski definition) is 2. The van der Waals surface area contributed by atoms with Crippen molar-refractivity contribution in [3.8, 4) is 0 Å². The first-order valence-corrected chi connectivity index (χ1v) is 7.63. The molecular weight excluding hydrogens is 266 g/mol. The van der Waals surface area contributed by atoms with Crippen LogP contribution in [-0.4, -0.2) is 29.1 Å². The van der Waals surface area contributed by atoms with E-state index in [4.69, 9.17) is 11.5 Å². The van der Waals surface area contributed by atoms with Crippen LogP contribution in [0.5, 0.6) is 0 Å². The molecule has 17 heavy (non-hydrogen) atoms. The van der Waals surface area contributed by atoms with Gasteiger partial charge in [0.05, 0.1) is 4.90 Å². The fourth-order valence-corrected chi connectivity index (χ4v) is 3.64. The Balaban J connectivity index is 3.60. The Morgan fingerprint density at radius 3 is 1.94 bits per heavy atom. The molecule has 0 aliphatic carbocycles. The molecule has 0 saturated carbocycles. The number of nitrogens with zero attached hydrogens (tertiary/aromatic N) is 1. The first kappa shape index (κ1) is 13.5. The maximum Gasteiger partial charge on any atom is 0.286 e. The number of rotatable bonds is 3. The highest BCUT2D eigenvalue weighted by molar-refractivity contribution is 7.93. The Bertz CT molecular complexity index is 658. The second-order valence-corrected chi connectivity index (χ2v) is 6.77. The first-order chi connectivity index (χ1) is 7.64. The van der Waals surface area contributed by atoms with Crippen LogP contribution in [0.3, 0.4) is 0 Å². The zero-order valence-corrected chi connectivity index (χ0v) is 10.5. The SMILES string of the molecule is CS(=O)(=O)c1ccccc1S(=O)(=O)N=C(N)N. The summed E-state index contributed by atoms with van der Waals surface area (Å²) in [6.07, 6.45) is 0.900. The number of hydrogen-bond acceptors (Lipinski definition) is 4. The Morgan fingerprint density at radius 1 is 1.06 bits per heavy atom. The summed E-state index contributed by atoms with van der Waals surface area (Å²) in [5.41, 5.74) is 9.95. The molecule has 0 aliphatic rings. The predicted octanol–water partition coefficient (Wildman–Crippen LogP) is -0.948. The summed E-state index contributed by atoms with van der Waals surface area (Å²) in [7, 11) is -7.90. The lowest BCUT2D eigenvalue weighted by molar-refractivity contribution is 0.586. The normalized spacial score (nSPS) is 12.1. The van der Waals surface area contributed by atoms with E-state index in [1.165, 1.54) is 18.2 Å². The van der Waals surface area contributed by atoms with Gasteiger partial charge in [-0.1, -0.05) is 12.1 Å². The van der Waals surface area contributed by atoms with E-state index in [0.717, 1.165) is 12.3 Å². The highest BCUT2D eigenvalue weighted by Gasteiger charge is 2.22. The Labute approximate surface area is 99.1 Å². The molecule has 0 heterocycles. The van der Waals surface area contributed by atoms with Gasteiger partial charge in [0.2, 0.25) is 5.96 Å². The van der Waals surface area contributed by atoms with Crippen LogP contribution in [0.25, 0.3) is 0 Å². The average Bonchev–Trinajstić information content (AvgIpc) is 2.14. The van der Waals surface area contributed by atoms with Crippen molar-refractivity contribution in [3.63, 3.8) is 0 Å². The highest BCUT2D eigenvalue weighted by Crippen LogP contribution is 2.22. The number of benzene rings is 1. The van der Waals surface area contributed by atoms with Crippen molar-refractivity contribution in [3.05, 3.63) is 24.3 Å². The summed E-state index contributed by atoms with van der Waals surface area (Å²) < 4.78 is 49.3. The van der Waals surface area contributed by atoms with Gasteiger partial charge in [-0.25, -0.2) is 8.42 Å². The van der Waals surface area contributed by atoms with Crippen LogP contribution < -0.4 is 11.5 Å². The molecule has 0 amide bonds. The lowest BCUT2D eigenvalue weighted by Gasteiger charge is -2.05. The molecule has 1 aromatic carbocycles. The fourth-order valence-electron chi connectivity index (χ4n) is 1.16. The molecule has 0 atom stereocenters. The minimum atomic E-state index is -4.21. The molecule has 0 aliphatic heterocycles. The maximum atomic E-state index is 11.7. The van der Waals surface area contributed by atoms with Gasteiger partial charge < -0.3 is 11.5 Å². The molecule has 0 fully saturated rings. The molecule has 1 rings (SSSR count). The van der Waals surface area contributed by atoms with Gasteiger partial charge in [0.25, 0.3) is 10.0 Å². The largest absolute Gasteiger partial charge is 0.369 e. The smallest absolute Gasteiger partial charge is 0.286 e. The van der Waals surface area contributed by atoms with Crippen molar-refractivity contribution < 1.29 is 16.8 Å². The van der Waals surface area contributed by atoms with Crippen molar-refractivity contribution >= 4 is 25.8 Å². The zero-order chi connectivity index (χ0) is 13.3. The monoisotopic (exact) mass is 277 g/mol. The topological polar surface area (TPSA) is 133 Å². The number of sulfone groups is 1. The molecule has 0 unspecified atom stereocenters. The van der Waals surface area contributed by atoms with Crippen molar-refractivity contribution in [1.29, 1.82) is 0 Å². The van der Waals surface area contributed by atoms with Crippen LogP contribution in [-0.2, 0) is 19.9 Å². The molecule has 7 nitrogen and oxygen atoms in total. The Hall–Kier alpha value is -1.61. The van der Waals surface area contributed by atoms with Crippen molar-refractivity contribution in [2.75, 3.05) is 6.26 Å². The summed E-state index contributed by atoms with van der Waals surface area (Å²) >= 11 is 0. The van der Waals surface area contributed by atoms with Crippen molar-refractivity contribution in [2.24, 2.45) is 15.9 Å². The standard InChI is InChI=1S/C8H11N3O4S2/c1-16(12,13)6-4-2-3-5-7(6)17(14,15)11-8(9)10/h2-5H,1H3,(H4,9,10,11). The molecule has 9 heteroatoms. The molecule has 0 saturated heterocycles. The Kier molecular flexibility index (Phi) is 3.43. The summed E-state index contributed by atoms with van der Waals surface area (Å²) in [6.45, 7) is 0. The molecule has 0 bridgehead atoms. The van der Waals surface area contributed by atoms with Gasteiger partial charge >= 0.3 is 0 Å². The molecule has 0 spiro atoms. The molecule has 1 aromatic rings. The summed E-state index contributed by atoms with van der Waals surface area (Å²) in [4.78, 5) is -0.791. The van der Waals surface area contributed by atoms with E-state index in [-0.39, 0.29) is 4.90 Å². The van der Waals surface area contributed by atoms with Crippen LogP contribution >= 0.6 is 0 Å². The molecule has 0 radical (unpaired) electrons. The third kappa shape index (κ3) is 3.17. The van der Waals surface area contributed by atoms with Gasteiger partial charge in [0.1, 0.15) is 4.90 Å². The van der Waals surface area contributed by atoms with E-state index >= 15 is 0 Å². The summed E-state index contributed by atoms with van der Waals surface area (Å²) in [5.74, 6) is -0.659. The summed E-state index contributed by atoms with van der Waals surface area (Å²) in [5, 5.41) is 0. The van der Waals surface area contributed by atoms with E-state index in [0.29, 0.717) is 0 Å². The second-order valence-electron chi connectivity index (χ2n) is 3.21. The van der Waals surface area contributed by atoms with Gasteiger partial charge in [0.15, 0.2) is 9.84 Å². The predicted molar refractivity (Wildman–Crippen MR) is 62.5 cm³/mol. The molecular formula is C8H11N3O4S2. The van der Waals surface area contributed by atoms with E-state index in [1.54, 1.807) is 0 Å². The van der Waals surface area contributed by atoms with E-state index in [1.807, 2.05) is 0 Å². The van der Waals surface area contributed by atoms with Gasteiger partial charge in [-0.05, 0) is 12.1 Å². The lowest BCUT2D eigenvalue weighted by atomic mass is 10.4. The van der Waals surface area contributed by atoms with Crippen LogP contribution in [0.1, 0.15) is 0 Å². The molecule has 4 N–H and O–H groups in total. The quantitative estimate of drug-likeness (QED) is 0.540. The van der Waals surface area contributed by atoms with E-state index < -0.39 is 30.7 Å². The van der Waals surface area contributed by atoms with Crippen molar-refractivity contribution in [1.82, 2.24) is 0 Å². The Morgan fingerprint density at radius 2 is 1.53 bits per heavy atom. The fraction of sp³-hybridized carbons (Fsp3) is 0.125. The average molecular weight is 277 g/mol. The highest BCUT2D eigenvalue weighted by atomic mass is 32.2. The van der Waals surface area contributed by atoms with E-state index in [9.17, 15) is 16.8 Å². The van der Waals surface area contributed by atoms with Gasteiger partial charge in [-0.15, -0.1) is 4.40 Å². The van der Waals surface area contributed by atoms with Crippen LogP contribution in [0.4, 0.5) is 0 Å². The van der Waals surface area contributed by atoms with Gasteiger partial charge in [-0.3, -0.25) is 0 Å². The third-order valence-electron chi connectivity index (χ3n) is 1.75. The van der Waals surface area contributed by atoms with E-state index in [2.05, 4.69) is 4.40 Å². The van der Waals surface area contributed by atoms with Crippen LogP contribution in [0, 0.1) is 0 Å². The van der Waals surface area contributed by atoms with Crippen molar-refractivity contribution in [2.45, 2.75) is 9.79 Å².